The molecular formula is C46H32N6O2. The summed E-state index contributed by atoms with van der Waals surface area (Å²) in [5.41, 5.74) is 9.26. The molecule has 8 nitrogen and oxygen atoms in total. The number of anilines is 6. The van der Waals surface area contributed by atoms with Crippen molar-refractivity contribution in [2.45, 2.75) is 0 Å². The van der Waals surface area contributed by atoms with Crippen LogP contribution in [0, 0.1) is 0 Å². The Hall–Kier alpha value is -7.58. The number of hydrogen-bond acceptors (Lipinski definition) is 8. The lowest BCUT2D eigenvalue weighted by atomic mass is 10.1. The first-order chi connectivity index (χ1) is 26.8. The van der Waals surface area contributed by atoms with E-state index in [1.165, 1.54) is 0 Å². The summed E-state index contributed by atoms with van der Waals surface area (Å²) in [5.74, 6) is 1.52. The normalized spacial score (nSPS) is 11.0. The SMILES string of the molecule is c1ccc(N(c2ccccc2)c2ccc(-c3nnc(-c4ccccc4-c4nnc(-c5ccc(N(c6ccccc6)c6ccccc6)cc5)o4)o3)cc2)cc1. The zero-order chi connectivity index (χ0) is 36.1. The first-order valence-corrected chi connectivity index (χ1v) is 17.6. The van der Waals surface area contributed by atoms with Gasteiger partial charge in [0.1, 0.15) is 0 Å². The van der Waals surface area contributed by atoms with E-state index in [2.05, 4.69) is 103 Å². The first-order valence-electron chi connectivity index (χ1n) is 17.6. The molecule has 0 atom stereocenters. The molecule has 9 aromatic rings. The van der Waals surface area contributed by atoms with Crippen LogP contribution in [0.3, 0.4) is 0 Å². The van der Waals surface area contributed by atoms with Gasteiger partial charge in [0.2, 0.25) is 23.6 Å². The van der Waals surface area contributed by atoms with E-state index in [4.69, 9.17) is 8.83 Å². The Labute approximate surface area is 312 Å². The lowest BCUT2D eigenvalue weighted by molar-refractivity contribution is 0.577. The van der Waals surface area contributed by atoms with Crippen LogP contribution in [0.25, 0.3) is 45.8 Å². The van der Waals surface area contributed by atoms with Crippen molar-refractivity contribution in [3.05, 3.63) is 194 Å². The summed E-state index contributed by atoms with van der Waals surface area (Å²) in [6.45, 7) is 0. The molecule has 7 aromatic carbocycles. The lowest BCUT2D eigenvalue weighted by Crippen LogP contribution is -2.09. The Morgan fingerprint density at radius 3 is 0.833 bits per heavy atom. The minimum absolute atomic E-state index is 0.353. The van der Waals surface area contributed by atoms with Gasteiger partial charge in [-0.25, -0.2) is 0 Å². The molecule has 0 unspecified atom stereocenters. The van der Waals surface area contributed by atoms with Crippen LogP contribution in [-0.4, -0.2) is 20.4 Å². The highest BCUT2D eigenvalue weighted by Gasteiger charge is 2.20. The van der Waals surface area contributed by atoms with E-state index in [0.717, 1.165) is 45.3 Å². The summed E-state index contributed by atoms with van der Waals surface area (Å²) in [5, 5.41) is 17.7. The van der Waals surface area contributed by atoms with E-state index < -0.39 is 0 Å². The topological polar surface area (TPSA) is 84.3 Å². The summed E-state index contributed by atoms with van der Waals surface area (Å²) < 4.78 is 12.5. The Kier molecular flexibility index (Phi) is 8.73. The van der Waals surface area contributed by atoms with Crippen molar-refractivity contribution < 1.29 is 8.83 Å². The summed E-state index contributed by atoms with van der Waals surface area (Å²) >= 11 is 0. The van der Waals surface area contributed by atoms with Gasteiger partial charge >= 0.3 is 0 Å². The molecule has 0 aliphatic heterocycles. The fraction of sp³-hybridized carbons (Fsp3) is 0. The molecule has 0 amide bonds. The molecule has 0 spiro atoms. The number of hydrogen-bond donors (Lipinski definition) is 0. The predicted molar refractivity (Wildman–Crippen MR) is 213 cm³/mol. The molecule has 9 rings (SSSR count). The second-order valence-corrected chi connectivity index (χ2v) is 12.5. The van der Waals surface area contributed by atoms with Crippen LogP contribution in [0.15, 0.2) is 203 Å². The second kappa shape index (κ2) is 14.6. The van der Waals surface area contributed by atoms with Gasteiger partial charge in [0, 0.05) is 45.3 Å². The van der Waals surface area contributed by atoms with Crippen LogP contribution in [0.2, 0.25) is 0 Å². The molecule has 0 saturated heterocycles. The van der Waals surface area contributed by atoms with E-state index in [9.17, 15) is 0 Å². The van der Waals surface area contributed by atoms with Crippen molar-refractivity contribution in [1.29, 1.82) is 0 Å². The van der Waals surface area contributed by atoms with Crippen LogP contribution >= 0.6 is 0 Å². The molecule has 0 aliphatic carbocycles. The fourth-order valence-electron chi connectivity index (χ4n) is 6.46. The first kappa shape index (κ1) is 32.3. The number of rotatable bonds is 10. The molecule has 0 bridgehead atoms. The maximum Gasteiger partial charge on any atom is 0.248 e. The molecule has 0 N–H and O–H groups in total. The Bertz CT molecular complexity index is 2330. The quantitative estimate of drug-likeness (QED) is 0.139. The summed E-state index contributed by atoms with van der Waals surface area (Å²) in [7, 11) is 0. The average molecular weight is 701 g/mol. The van der Waals surface area contributed by atoms with Gasteiger partial charge in [-0.2, -0.15) is 0 Å². The van der Waals surface area contributed by atoms with E-state index >= 15 is 0 Å². The molecule has 2 heterocycles. The summed E-state index contributed by atoms with van der Waals surface area (Å²) in [4.78, 5) is 4.41. The predicted octanol–water partition coefficient (Wildman–Crippen LogP) is 12.1. The van der Waals surface area contributed by atoms with E-state index in [1.807, 2.05) is 121 Å². The Morgan fingerprint density at radius 1 is 0.259 bits per heavy atom. The highest BCUT2D eigenvalue weighted by Crippen LogP contribution is 2.38. The standard InChI is InChI=1S/C46H32N6O2/c1-5-15-35(16-6-1)51(36-17-7-2-8-18-36)39-29-25-33(26-30-39)43-47-49-45(53-43)41-23-13-14-24-42(41)46-50-48-44(54-46)34-27-31-40(32-28-34)52(37-19-9-3-10-20-37)38-21-11-4-12-22-38/h1-32H. The van der Waals surface area contributed by atoms with Crippen LogP contribution in [0.1, 0.15) is 0 Å². The van der Waals surface area contributed by atoms with E-state index in [1.54, 1.807) is 0 Å². The molecule has 0 saturated carbocycles. The monoisotopic (exact) mass is 700 g/mol. The highest BCUT2D eigenvalue weighted by molar-refractivity contribution is 5.80. The third-order valence-corrected chi connectivity index (χ3v) is 9.04. The number of benzene rings is 7. The van der Waals surface area contributed by atoms with Crippen molar-refractivity contribution in [3.63, 3.8) is 0 Å². The van der Waals surface area contributed by atoms with Gasteiger partial charge in [0.15, 0.2) is 0 Å². The van der Waals surface area contributed by atoms with Crippen molar-refractivity contribution in [2.75, 3.05) is 9.80 Å². The number of para-hydroxylation sites is 4. The molecule has 258 valence electrons. The zero-order valence-corrected chi connectivity index (χ0v) is 29.0. The van der Waals surface area contributed by atoms with Crippen molar-refractivity contribution >= 4 is 34.1 Å². The molecule has 8 heteroatoms. The largest absolute Gasteiger partial charge is 0.416 e. The summed E-state index contributed by atoms with van der Waals surface area (Å²) in [6.07, 6.45) is 0. The van der Waals surface area contributed by atoms with Crippen LogP contribution in [0.4, 0.5) is 34.1 Å². The minimum Gasteiger partial charge on any atom is -0.416 e. The fourth-order valence-corrected chi connectivity index (χ4v) is 6.46. The maximum atomic E-state index is 6.26. The molecule has 2 aromatic heterocycles. The van der Waals surface area contributed by atoms with Gasteiger partial charge in [0.05, 0.1) is 11.1 Å². The maximum absolute atomic E-state index is 6.26. The minimum atomic E-state index is 0.353. The Balaban J connectivity index is 0.970. The zero-order valence-electron chi connectivity index (χ0n) is 29.0. The van der Waals surface area contributed by atoms with Crippen LogP contribution in [-0.2, 0) is 0 Å². The lowest BCUT2D eigenvalue weighted by Gasteiger charge is -2.25. The van der Waals surface area contributed by atoms with Crippen molar-refractivity contribution in [1.82, 2.24) is 20.4 Å². The average Bonchev–Trinajstić information content (AvgIpc) is 3.95. The van der Waals surface area contributed by atoms with Crippen LogP contribution < -0.4 is 9.80 Å². The number of aromatic nitrogens is 4. The van der Waals surface area contributed by atoms with Crippen molar-refractivity contribution in [2.24, 2.45) is 0 Å². The number of nitrogens with zero attached hydrogens (tertiary/aromatic N) is 6. The Morgan fingerprint density at radius 2 is 0.519 bits per heavy atom. The third kappa shape index (κ3) is 6.51. The van der Waals surface area contributed by atoms with E-state index in [0.29, 0.717) is 34.7 Å². The van der Waals surface area contributed by atoms with Gasteiger partial charge in [-0.3, -0.25) is 0 Å². The third-order valence-electron chi connectivity index (χ3n) is 9.04. The molecule has 0 aliphatic rings. The molecule has 0 radical (unpaired) electrons. The summed E-state index contributed by atoms with van der Waals surface area (Å²) in [6, 6.07) is 65.0. The van der Waals surface area contributed by atoms with Gasteiger partial charge in [0.25, 0.3) is 0 Å². The van der Waals surface area contributed by atoms with Gasteiger partial charge in [-0.05, 0) is 109 Å². The van der Waals surface area contributed by atoms with Crippen molar-refractivity contribution in [3.8, 4) is 45.8 Å². The highest BCUT2D eigenvalue weighted by atomic mass is 16.4. The molecule has 54 heavy (non-hydrogen) atoms. The van der Waals surface area contributed by atoms with E-state index in [-0.39, 0.29) is 0 Å². The van der Waals surface area contributed by atoms with Gasteiger partial charge < -0.3 is 18.6 Å². The van der Waals surface area contributed by atoms with Gasteiger partial charge in [-0.1, -0.05) is 84.9 Å². The second-order valence-electron chi connectivity index (χ2n) is 12.5. The van der Waals surface area contributed by atoms with Gasteiger partial charge in [-0.15, -0.1) is 20.4 Å². The van der Waals surface area contributed by atoms with Crippen LogP contribution in [0.5, 0.6) is 0 Å². The smallest absolute Gasteiger partial charge is 0.248 e. The molecule has 0 fully saturated rings. The molecular weight excluding hydrogens is 669 g/mol.